The van der Waals surface area contributed by atoms with Gasteiger partial charge in [0.2, 0.25) is 0 Å². The first-order valence-electron chi connectivity index (χ1n) is 6.17. The van der Waals surface area contributed by atoms with Crippen molar-refractivity contribution in [2.75, 3.05) is 19.3 Å². The van der Waals surface area contributed by atoms with Crippen LogP contribution in [0.15, 0.2) is 29.2 Å². The van der Waals surface area contributed by atoms with Crippen LogP contribution in [0.5, 0.6) is 0 Å². The van der Waals surface area contributed by atoms with Gasteiger partial charge in [-0.15, -0.1) is 11.8 Å². The van der Waals surface area contributed by atoms with E-state index in [4.69, 9.17) is 0 Å². The zero-order valence-corrected chi connectivity index (χ0v) is 11.2. The predicted molar refractivity (Wildman–Crippen MR) is 74.9 cm³/mol. The maximum atomic E-state index is 3.33. The first-order valence-corrected chi connectivity index (χ1v) is 7.16. The number of benzene rings is 1. The Morgan fingerprint density at radius 1 is 1.41 bits per heavy atom. The number of likely N-dealkylation sites (N-methyl/N-ethyl adjacent to an activating group) is 1. The third kappa shape index (κ3) is 1.69. The van der Waals surface area contributed by atoms with Gasteiger partial charge in [0, 0.05) is 41.0 Å². The molecule has 2 heterocycles. The SMILES string of the molecule is CNCC1CCSc2c1n(C)c1ccccc21. The van der Waals surface area contributed by atoms with Gasteiger partial charge < -0.3 is 9.88 Å². The Hall–Kier alpha value is -0.930. The van der Waals surface area contributed by atoms with E-state index < -0.39 is 0 Å². The first kappa shape index (κ1) is 11.2. The van der Waals surface area contributed by atoms with E-state index in [2.05, 4.69) is 41.2 Å². The summed E-state index contributed by atoms with van der Waals surface area (Å²) in [5, 5.41) is 4.75. The van der Waals surface area contributed by atoms with E-state index in [1.54, 1.807) is 0 Å². The van der Waals surface area contributed by atoms with Crippen LogP contribution in [0.3, 0.4) is 0 Å². The third-order valence-electron chi connectivity index (χ3n) is 3.65. The number of para-hydroxylation sites is 1. The van der Waals surface area contributed by atoms with Crippen molar-refractivity contribution >= 4 is 22.7 Å². The fraction of sp³-hybridized carbons (Fsp3) is 0.429. The molecule has 0 bridgehead atoms. The van der Waals surface area contributed by atoms with E-state index in [-0.39, 0.29) is 0 Å². The van der Waals surface area contributed by atoms with Crippen molar-refractivity contribution in [3.63, 3.8) is 0 Å². The minimum atomic E-state index is 0.661. The number of hydrogen-bond acceptors (Lipinski definition) is 2. The summed E-state index contributed by atoms with van der Waals surface area (Å²) in [6, 6.07) is 8.75. The molecule has 1 unspecified atom stereocenters. The number of hydrogen-bond donors (Lipinski definition) is 1. The maximum Gasteiger partial charge on any atom is 0.0491 e. The predicted octanol–water partition coefficient (Wildman–Crippen LogP) is 2.98. The van der Waals surface area contributed by atoms with Crippen LogP contribution < -0.4 is 5.32 Å². The molecule has 1 N–H and O–H groups in total. The van der Waals surface area contributed by atoms with Gasteiger partial charge in [0.05, 0.1) is 0 Å². The van der Waals surface area contributed by atoms with Gasteiger partial charge in [-0.2, -0.15) is 0 Å². The summed E-state index contributed by atoms with van der Waals surface area (Å²) < 4.78 is 2.39. The van der Waals surface area contributed by atoms with Gasteiger partial charge in [0.25, 0.3) is 0 Å². The van der Waals surface area contributed by atoms with Crippen LogP contribution in [0.25, 0.3) is 10.9 Å². The topological polar surface area (TPSA) is 17.0 Å². The van der Waals surface area contributed by atoms with Crippen LogP contribution in [-0.2, 0) is 7.05 Å². The van der Waals surface area contributed by atoms with Crippen molar-refractivity contribution in [3.05, 3.63) is 30.0 Å². The van der Waals surface area contributed by atoms with Gasteiger partial charge in [0.1, 0.15) is 0 Å². The molecule has 1 aliphatic rings. The number of thioether (sulfide) groups is 1. The van der Waals surface area contributed by atoms with Crippen LogP contribution in [0.1, 0.15) is 18.0 Å². The smallest absolute Gasteiger partial charge is 0.0491 e. The molecule has 1 aliphatic heterocycles. The van der Waals surface area contributed by atoms with Gasteiger partial charge in [-0.25, -0.2) is 0 Å². The number of aromatic nitrogens is 1. The fourth-order valence-electron chi connectivity index (χ4n) is 2.87. The Bertz CT molecular complexity index is 544. The molecule has 0 saturated heterocycles. The average molecular weight is 246 g/mol. The highest BCUT2D eigenvalue weighted by Gasteiger charge is 2.26. The molecular formula is C14H18N2S. The van der Waals surface area contributed by atoms with Crippen LogP contribution in [0, 0.1) is 0 Å². The summed E-state index contributed by atoms with van der Waals surface area (Å²) in [7, 11) is 4.25. The second-order valence-corrected chi connectivity index (χ2v) is 5.79. The first-order chi connectivity index (χ1) is 8.33. The zero-order chi connectivity index (χ0) is 11.8. The minimum Gasteiger partial charge on any atom is -0.346 e. The van der Waals surface area contributed by atoms with E-state index >= 15 is 0 Å². The minimum absolute atomic E-state index is 0.661. The highest BCUT2D eigenvalue weighted by Crippen LogP contribution is 2.43. The zero-order valence-electron chi connectivity index (χ0n) is 10.4. The van der Waals surface area contributed by atoms with E-state index in [0.29, 0.717) is 5.92 Å². The van der Waals surface area contributed by atoms with Gasteiger partial charge >= 0.3 is 0 Å². The third-order valence-corrected chi connectivity index (χ3v) is 4.81. The number of nitrogens with one attached hydrogen (secondary N) is 1. The molecule has 0 saturated carbocycles. The average Bonchev–Trinajstić information content (AvgIpc) is 2.66. The lowest BCUT2D eigenvalue weighted by Crippen LogP contribution is -2.22. The van der Waals surface area contributed by atoms with Gasteiger partial charge in [-0.3, -0.25) is 0 Å². The molecule has 3 rings (SSSR count). The van der Waals surface area contributed by atoms with Crippen LogP contribution >= 0.6 is 11.8 Å². The number of rotatable bonds is 2. The van der Waals surface area contributed by atoms with Gasteiger partial charge in [0.15, 0.2) is 0 Å². The van der Waals surface area contributed by atoms with Crippen LogP contribution in [0.4, 0.5) is 0 Å². The Morgan fingerprint density at radius 2 is 2.24 bits per heavy atom. The summed E-state index contributed by atoms with van der Waals surface area (Å²) in [6.07, 6.45) is 1.28. The van der Waals surface area contributed by atoms with Crippen molar-refractivity contribution in [2.24, 2.45) is 7.05 Å². The molecule has 0 aliphatic carbocycles. The number of fused-ring (bicyclic) bond motifs is 3. The standard InChI is InChI=1S/C14H18N2S/c1-15-9-10-7-8-17-14-11-5-3-4-6-12(11)16(2)13(10)14/h3-6,10,15H,7-9H2,1-2H3. The Labute approximate surface area is 106 Å². The summed E-state index contributed by atoms with van der Waals surface area (Å²) in [6.45, 7) is 1.08. The lowest BCUT2D eigenvalue weighted by atomic mass is 10.0. The monoisotopic (exact) mass is 246 g/mol. The van der Waals surface area contributed by atoms with E-state index in [1.165, 1.54) is 33.7 Å². The normalized spacial score (nSPS) is 19.5. The molecule has 2 aromatic rings. The summed E-state index contributed by atoms with van der Waals surface area (Å²) in [5.74, 6) is 1.90. The number of aryl methyl sites for hydroxylation is 1. The molecule has 0 amide bonds. The van der Waals surface area contributed by atoms with Crippen molar-refractivity contribution in [1.82, 2.24) is 9.88 Å². The van der Waals surface area contributed by atoms with Crippen molar-refractivity contribution in [3.8, 4) is 0 Å². The van der Waals surface area contributed by atoms with Gasteiger partial charge in [-0.05, 0) is 25.3 Å². The molecule has 17 heavy (non-hydrogen) atoms. The molecule has 1 aromatic heterocycles. The largest absolute Gasteiger partial charge is 0.346 e. The molecule has 90 valence electrons. The second-order valence-electron chi connectivity index (χ2n) is 4.68. The molecule has 0 spiro atoms. The quantitative estimate of drug-likeness (QED) is 0.877. The highest BCUT2D eigenvalue weighted by molar-refractivity contribution is 7.99. The highest BCUT2D eigenvalue weighted by atomic mass is 32.2. The van der Waals surface area contributed by atoms with Crippen LogP contribution in [0.2, 0.25) is 0 Å². The van der Waals surface area contributed by atoms with Gasteiger partial charge in [-0.1, -0.05) is 18.2 Å². The summed E-state index contributed by atoms with van der Waals surface area (Å²) >= 11 is 2.02. The summed E-state index contributed by atoms with van der Waals surface area (Å²) in [5.41, 5.74) is 2.89. The van der Waals surface area contributed by atoms with Crippen molar-refractivity contribution in [2.45, 2.75) is 17.2 Å². The molecule has 1 atom stereocenters. The molecule has 0 fully saturated rings. The molecule has 3 heteroatoms. The molecule has 2 nitrogen and oxygen atoms in total. The second kappa shape index (κ2) is 4.39. The van der Waals surface area contributed by atoms with Crippen LogP contribution in [-0.4, -0.2) is 23.9 Å². The summed E-state index contributed by atoms with van der Waals surface area (Å²) in [4.78, 5) is 1.51. The molecular weight excluding hydrogens is 228 g/mol. The lowest BCUT2D eigenvalue weighted by molar-refractivity contribution is 0.568. The van der Waals surface area contributed by atoms with E-state index in [9.17, 15) is 0 Å². The van der Waals surface area contributed by atoms with E-state index in [0.717, 1.165) is 6.54 Å². The Morgan fingerprint density at radius 3 is 3.06 bits per heavy atom. The Balaban J connectivity index is 2.22. The lowest BCUT2D eigenvalue weighted by Gasteiger charge is -2.23. The fourth-order valence-corrected chi connectivity index (χ4v) is 4.26. The van der Waals surface area contributed by atoms with E-state index in [1.807, 2.05) is 18.8 Å². The van der Waals surface area contributed by atoms with Crippen molar-refractivity contribution < 1.29 is 0 Å². The Kier molecular flexibility index (Phi) is 2.89. The van der Waals surface area contributed by atoms with Crippen molar-refractivity contribution in [1.29, 1.82) is 0 Å². The molecule has 0 radical (unpaired) electrons. The molecule has 1 aromatic carbocycles. The maximum absolute atomic E-state index is 3.33. The number of nitrogens with zero attached hydrogens (tertiary/aromatic N) is 1.